The molecule has 8 N–H and O–H groups in total. The maximum absolute atomic E-state index is 13.3. The smallest absolute Gasteiger partial charge is 0.308 e. The van der Waals surface area contributed by atoms with Gasteiger partial charge in [0.2, 0.25) is 23.6 Å². The van der Waals surface area contributed by atoms with Crippen molar-refractivity contribution in [2.24, 2.45) is 23.5 Å². The lowest BCUT2D eigenvalue weighted by Gasteiger charge is -2.26. The molecule has 298 valence electrons. The first-order valence-electron chi connectivity index (χ1n) is 17.2. The largest absolute Gasteiger partial charge is 0.461 e. The molecule has 0 radical (unpaired) electrons. The normalized spacial score (nSPS) is 13.1. The highest BCUT2D eigenvalue weighted by Crippen LogP contribution is 2.18. The highest BCUT2D eigenvalue weighted by atomic mass is 32.2. The monoisotopic (exact) mass is 770 g/mol. The quantitative estimate of drug-likeness (QED) is 0.0441. The number of hydrogen-bond donors (Lipinski definition) is 7. The standard InChI is InChI=1S/C34H54N6O12S/c1-19(2)27(41)10-14-51-15-11-28(42)39-26(18-53(48,49)50)32(45)40-29(20(3)4)33(46)37-22(7)30(43)38-24-9-8-23(17-52-34(47)21(5)6)25(16-24)31(44)36-13-12-35/h8-9,16,19-22,26,29H,10-15,17-18,35H2,1-7H3,(H,36,44)(H,37,46)(H,38,43)(H,39,42)(H,40,45)(H,48,49,50)/t22-,26-,29-/m0/s1. The Morgan fingerprint density at radius 3 is 2.04 bits per heavy atom. The predicted octanol–water partition coefficient (Wildman–Crippen LogP) is 0.0528. The minimum atomic E-state index is -4.77. The molecule has 0 saturated heterocycles. The maximum Gasteiger partial charge on any atom is 0.308 e. The molecule has 0 aromatic heterocycles. The van der Waals surface area contributed by atoms with Crippen molar-refractivity contribution in [1.29, 1.82) is 0 Å². The van der Waals surface area contributed by atoms with Gasteiger partial charge in [-0.3, -0.25) is 38.1 Å². The minimum absolute atomic E-state index is 0.0224. The summed E-state index contributed by atoms with van der Waals surface area (Å²) in [6.45, 7) is 11.4. The summed E-state index contributed by atoms with van der Waals surface area (Å²) in [7, 11) is -4.77. The van der Waals surface area contributed by atoms with Crippen LogP contribution in [0.5, 0.6) is 0 Å². The molecule has 3 atom stereocenters. The summed E-state index contributed by atoms with van der Waals surface area (Å²) in [6, 6.07) is 0.0576. The topological polar surface area (TPSA) is 278 Å². The zero-order chi connectivity index (χ0) is 40.5. The molecule has 0 aliphatic carbocycles. The third-order valence-electron chi connectivity index (χ3n) is 7.53. The van der Waals surface area contributed by atoms with Gasteiger partial charge in [0.15, 0.2) is 0 Å². The highest BCUT2D eigenvalue weighted by Gasteiger charge is 2.32. The summed E-state index contributed by atoms with van der Waals surface area (Å²) < 4.78 is 43.3. The first-order chi connectivity index (χ1) is 24.7. The number of anilines is 1. The van der Waals surface area contributed by atoms with E-state index in [1.165, 1.54) is 25.1 Å². The number of benzene rings is 1. The summed E-state index contributed by atoms with van der Waals surface area (Å²) in [4.78, 5) is 88.5. The number of ketones is 1. The summed E-state index contributed by atoms with van der Waals surface area (Å²) >= 11 is 0. The van der Waals surface area contributed by atoms with Crippen LogP contribution in [-0.2, 0) is 55.0 Å². The van der Waals surface area contributed by atoms with E-state index in [0.717, 1.165) is 0 Å². The molecule has 18 nitrogen and oxygen atoms in total. The average molecular weight is 771 g/mol. The lowest BCUT2D eigenvalue weighted by molar-refractivity contribution is -0.148. The van der Waals surface area contributed by atoms with Gasteiger partial charge in [-0.2, -0.15) is 8.42 Å². The Balaban J connectivity index is 2.99. The number of nitrogens with one attached hydrogen (secondary N) is 5. The molecule has 1 rings (SSSR count). The number of nitrogens with two attached hydrogens (primary N) is 1. The second-order valence-corrected chi connectivity index (χ2v) is 14.7. The number of ether oxygens (including phenoxy) is 2. The van der Waals surface area contributed by atoms with E-state index in [1.807, 2.05) is 0 Å². The van der Waals surface area contributed by atoms with Gasteiger partial charge in [-0.1, -0.05) is 47.6 Å². The third-order valence-corrected chi connectivity index (χ3v) is 8.29. The molecule has 0 saturated carbocycles. The predicted molar refractivity (Wildman–Crippen MR) is 194 cm³/mol. The Labute approximate surface area is 310 Å². The van der Waals surface area contributed by atoms with Crippen molar-refractivity contribution in [2.75, 3.05) is 37.4 Å². The molecule has 0 unspecified atom stereocenters. The van der Waals surface area contributed by atoms with Crippen molar-refractivity contribution in [3.63, 3.8) is 0 Å². The van der Waals surface area contributed by atoms with Crippen LogP contribution in [0.2, 0.25) is 0 Å². The summed E-state index contributed by atoms with van der Waals surface area (Å²) in [5.74, 6) is -6.76. The number of carbonyl (C=O) groups is 7. The first kappa shape index (κ1) is 46.6. The molecule has 0 aliphatic heterocycles. The average Bonchev–Trinajstić information content (AvgIpc) is 3.06. The second kappa shape index (κ2) is 22.6. The molecule has 5 amide bonds. The molecular weight excluding hydrogens is 716 g/mol. The van der Waals surface area contributed by atoms with Gasteiger partial charge in [-0.25, -0.2) is 0 Å². The van der Waals surface area contributed by atoms with E-state index >= 15 is 0 Å². The lowest BCUT2D eigenvalue weighted by atomic mass is 10.0. The van der Waals surface area contributed by atoms with Gasteiger partial charge in [-0.05, 0) is 25.0 Å². The SMILES string of the molecule is CC(C)C(=O)CCOCCC(=O)N[C@@H](CS(=O)(=O)O)C(=O)N[C@H](C(=O)N[C@@H](C)C(=O)Nc1ccc(COC(=O)C(C)C)c(C(=O)NCCN)c1)C(C)C. The Hall–Kier alpha value is -4.46. The zero-order valence-electron chi connectivity index (χ0n) is 31.3. The number of esters is 1. The van der Waals surface area contributed by atoms with E-state index in [1.54, 1.807) is 41.5 Å². The van der Waals surface area contributed by atoms with Crippen LogP contribution in [0.1, 0.15) is 77.2 Å². The van der Waals surface area contributed by atoms with E-state index in [2.05, 4.69) is 26.6 Å². The highest BCUT2D eigenvalue weighted by molar-refractivity contribution is 7.85. The van der Waals surface area contributed by atoms with Gasteiger partial charge < -0.3 is 41.8 Å². The second-order valence-electron chi connectivity index (χ2n) is 13.2. The fourth-order valence-corrected chi connectivity index (χ4v) is 5.04. The van der Waals surface area contributed by atoms with Crippen molar-refractivity contribution in [2.45, 2.75) is 86.0 Å². The van der Waals surface area contributed by atoms with Crippen molar-refractivity contribution < 1.29 is 56.0 Å². The van der Waals surface area contributed by atoms with E-state index in [9.17, 15) is 46.5 Å². The van der Waals surface area contributed by atoms with Crippen LogP contribution in [0, 0.1) is 17.8 Å². The van der Waals surface area contributed by atoms with Crippen LogP contribution < -0.4 is 32.3 Å². The number of Topliss-reactive ketones (excluding diaryl/α,β-unsaturated/α-hetero) is 1. The van der Waals surface area contributed by atoms with Crippen molar-refractivity contribution in [3.8, 4) is 0 Å². The van der Waals surface area contributed by atoms with Crippen molar-refractivity contribution in [1.82, 2.24) is 21.3 Å². The van der Waals surface area contributed by atoms with E-state index in [0.29, 0.717) is 5.56 Å². The molecular formula is C34H54N6O12S. The fourth-order valence-electron chi connectivity index (χ4n) is 4.38. The molecule has 0 bridgehead atoms. The Bertz CT molecular complexity index is 1560. The molecule has 0 fully saturated rings. The van der Waals surface area contributed by atoms with Gasteiger partial charge in [-0.15, -0.1) is 0 Å². The van der Waals surface area contributed by atoms with Gasteiger partial charge in [0.1, 0.15) is 36.3 Å². The summed E-state index contributed by atoms with van der Waals surface area (Å²) in [5, 5.41) is 12.3. The molecule has 19 heteroatoms. The summed E-state index contributed by atoms with van der Waals surface area (Å²) in [6.07, 6.45) is -0.146. The molecule has 0 heterocycles. The molecule has 1 aromatic rings. The molecule has 1 aromatic carbocycles. The number of amides is 5. The summed E-state index contributed by atoms with van der Waals surface area (Å²) in [5.41, 5.74) is 6.16. The van der Waals surface area contributed by atoms with Crippen LogP contribution in [0.3, 0.4) is 0 Å². The van der Waals surface area contributed by atoms with Gasteiger partial charge in [0, 0.05) is 48.7 Å². The molecule has 53 heavy (non-hydrogen) atoms. The van der Waals surface area contributed by atoms with E-state index in [-0.39, 0.29) is 68.7 Å². The van der Waals surface area contributed by atoms with Crippen LogP contribution >= 0.6 is 0 Å². The van der Waals surface area contributed by atoms with E-state index in [4.69, 9.17) is 15.2 Å². The van der Waals surface area contributed by atoms with Crippen molar-refractivity contribution >= 4 is 57.1 Å². The number of hydrogen-bond acceptors (Lipinski definition) is 12. The van der Waals surface area contributed by atoms with Gasteiger partial charge in [0.25, 0.3) is 16.0 Å². The van der Waals surface area contributed by atoms with Crippen LogP contribution in [0.15, 0.2) is 18.2 Å². The maximum atomic E-state index is 13.3. The third kappa shape index (κ3) is 17.7. The Morgan fingerprint density at radius 1 is 0.830 bits per heavy atom. The number of rotatable bonds is 23. The number of carbonyl (C=O) groups excluding carboxylic acids is 7. The zero-order valence-corrected chi connectivity index (χ0v) is 32.1. The molecule has 0 spiro atoms. The first-order valence-corrected chi connectivity index (χ1v) is 18.8. The Kier molecular flexibility index (Phi) is 19.8. The van der Waals surface area contributed by atoms with Crippen LogP contribution in [0.25, 0.3) is 0 Å². The Morgan fingerprint density at radius 2 is 1.47 bits per heavy atom. The van der Waals surface area contributed by atoms with Crippen LogP contribution in [0.4, 0.5) is 5.69 Å². The van der Waals surface area contributed by atoms with Crippen molar-refractivity contribution in [3.05, 3.63) is 29.3 Å². The molecule has 0 aliphatic rings. The van der Waals surface area contributed by atoms with Gasteiger partial charge in [0.05, 0.1) is 19.1 Å². The minimum Gasteiger partial charge on any atom is -0.461 e. The van der Waals surface area contributed by atoms with Crippen LogP contribution in [-0.4, -0.2) is 104 Å². The van der Waals surface area contributed by atoms with Gasteiger partial charge >= 0.3 is 5.97 Å². The lowest BCUT2D eigenvalue weighted by Crippen LogP contribution is -2.58. The fraction of sp³-hybridized carbons (Fsp3) is 0.618. The van der Waals surface area contributed by atoms with E-state index < -0.39 is 81.3 Å².